The minimum Gasteiger partial charge on any atom is -0.480 e. The first-order valence-electron chi connectivity index (χ1n) is 5.77. The molecule has 6 heteroatoms. The predicted octanol–water partition coefficient (Wildman–Crippen LogP) is -0.207. The van der Waals surface area contributed by atoms with Crippen molar-refractivity contribution in [3.05, 3.63) is 18.7 Å². The van der Waals surface area contributed by atoms with Gasteiger partial charge in [0.05, 0.1) is 12.4 Å². The monoisotopic (exact) mass is 239 g/mol. The molecule has 1 aromatic heterocycles. The summed E-state index contributed by atoms with van der Waals surface area (Å²) in [6, 6.07) is -0.534. The zero-order chi connectivity index (χ0) is 12.3. The number of aliphatic carboxylic acids is 1. The van der Waals surface area contributed by atoms with Gasteiger partial charge in [-0.05, 0) is 6.42 Å². The summed E-state index contributed by atoms with van der Waals surface area (Å²) in [4.78, 5) is 16.8. The Bertz CT molecular complexity index is 366. The molecule has 2 atom stereocenters. The number of carboxylic acid groups (broad SMARTS) is 1. The lowest BCUT2D eigenvalue weighted by Crippen LogP contribution is -2.36. The third-order valence-electron chi connectivity index (χ3n) is 3.09. The van der Waals surface area contributed by atoms with E-state index in [1.54, 1.807) is 12.5 Å². The van der Waals surface area contributed by atoms with E-state index in [2.05, 4.69) is 4.98 Å². The molecule has 2 heterocycles. The van der Waals surface area contributed by atoms with Gasteiger partial charge in [0, 0.05) is 38.4 Å². The zero-order valence-corrected chi connectivity index (χ0v) is 9.57. The first-order chi connectivity index (χ1) is 8.16. The summed E-state index contributed by atoms with van der Waals surface area (Å²) < 4.78 is 1.96. The third-order valence-corrected chi connectivity index (χ3v) is 3.09. The number of hydrogen-bond acceptors (Lipinski definition) is 4. The second-order valence-electron chi connectivity index (χ2n) is 4.39. The maximum Gasteiger partial charge on any atom is 0.321 e. The number of imidazole rings is 1. The standard InChI is InChI=1S/C11H17N3O3/c15-9-6-10(11(16)17)14(7-9)4-1-3-13-5-2-12-8-13/h2,5,8-10,15H,1,3-4,6-7H2,(H,16,17). The van der Waals surface area contributed by atoms with E-state index in [-0.39, 0.29) is 0 Å². The fraction of sp³-hybridized carbons (Fsp3) is 0.636. The number of carboxylic acids is 1. The molecular formula is C11H17N3O3. The van der Waals surface area contributed by atoms with Crippen LogP contribution in [0.15, 0.2) is 18.7 Å². The molecule has 17 heavy (non-hydrogen) atoms. The highest BCUT2D eigenvalue weighted by atomic mass is 16.4. The summed E-state index contributed by atoms with van der Waals surface area (Å²) >= 11 is 0. The molecule has 1 aliphatic heterocycles. The largest absolute Gasteiger partial charge is 0.480 e. The molecule has 2 rings (SSSR count). The molecule has 1 fully saturated rings. The topological polar surface area (TPSA) is 78.6 Å². The molecule has 0 aromatic carbocycles. The number of aryl methyl sites for hydroxylation is 1. The Hall–Kier alpha value is -1.40. The maximum atomic E-state index is 11.0. The number of aromatic nitrogens is 2. The van der Waals surface area contributed by atoms with Gasteiger partial charge < -0.3 is 14.8 Å². The Morgan fingerprint density at radius 2 is 2.29 bits per heavy atom. The summed E-state index contributed by atoms with van der Waals surface area (Å²) in [6.07, 6.45) is 6.03. The molecule has 0 bridgehead atoms. The minimum absolute atomic E-state index is 0.334. The highest BCUT2D eigenvalue weighted by Gasteiger charge is 2.35. The van der Waals surface area contributed by atoms with Crippen LogP contribution in [0, 0.1) is 0 Å². The van der Waals surface area contributed by atoms with Gasteiger partial charge >= 0.3 is 5.97 Å². The average Bonchev–Trinajstić information content (AvgIpc) is 2.88. The van der Waals surface area contributed by atoms with E-state index < -0.39 is 18.1 Å². The Morgan fingerprint density at radius 1 is 1.47 bits per heavy atom. The lowest BCUT2D eigenvalue weighted by Gasteiger charge is -2.20. The SMILES string of the molecule is O=C(O)C1CC(O)CN1CCCn1ccnc1. The molecule has 2 N–H and O–H groups in total. The van der Waals surface area contributed by atoms with Crippen molar-refractivity contribution in [1.29, 1.82) is 0 Å². The van der Waals surface area contributed by atoms with E-state index in [1.807, 2.05) is 15.7 Å². The van der Waals surface area contributed by atoms with E-state index >= 15 is 0 Å². The molecule has 0 spiro atoms. The quantitative estimate of drug-likeness (QED) is 0.743. The van der Waals surface area contributed by atoms with E-state index in [9.17, 15) is 9.90 Å². The van der Waals surface area contributed by atoms with Crippen LogP contribution in [-0.2, 0) is 11.3 Å². The highest BCUT2D eigenvalue weighted by molar-refractivity contribution is 5.74. The van der Waals surface area contributed by atoms with Crippen molar-refractivity contribution >= 4 is 5.97 Å². The number of aliphatic hydroxyl groups excluding tert-OH is 1. The number of rotatable bonds is 5. The number of likely N-dealkylation sites (tertiary alicyclic amines) is 1. The van der Waals surface area contributed by atoms with Gasteiger partial charge in [-0.15, -0.1) is 0 Å². The third kappa shape index (κ3) is 3.04. The van der Waals surface area contributed by atoms with Crippen molar-refractivity contribution in [3.63, 3.8) is 0 Å². The van der Waals surface area contributed by atoms with Crippen molar-refractivity contribution in [3.8, 4) is 0 Å². The van der Waals surface area contributed by atoms with E-state index in [4.69, 9.17) is 5.11 Å². The maximum absolute atomic E-state index is 11.0. The molecule has 0 amide bonds. The van der Waals surface area contributed by atoms with Gasteiger partial charge in [-0.3, -0.25) is 9.69 Å². The number of carbonyl (C=O) groups is 1. The smallest absolute Gasteiger partial charge is 0.321 e. The highest BCUT2D eigenvalue weighted by Crippen LogP contribution is 2.18. The van der Waals surface area contributed by atoms with E-state index in [0.717, 1.165) is 13.0 Å². The van der Waals surface area contributed by atoms with Crippen LogP contribution in [0.25, 0.3) is 0 Å². The molecule has 1 aliphatic rings. The minimum atomic E-state index is -0.843. The molecule has 0 saturated carbocycles. The van der Waals surface area contributed by atoms with Crippen LogP contribution < -0.4 is 0 Å². The van der Waals surface area contributed by atoms with Crippen LogP contribution in [0.5, 0.6) is 0 Å². The molecule has 0 radical (unpaired) electrons. The summed E-state index contributed by atoms with van der Waals surface area (Å²) in [6.45, 7) is 1.96. The number of hydrogen-bond donors (Lipinski definition) is 2. The van der Waals surface area contributed by atoms with Gasteiger partial charge in [-0.2, -0.15) is 0 Å². The summed E-state index contributed by atoms with van der Waals surface area (Å²) in [5.41, 5.74) is 0. The number of aliphatic hydroxyl groups is 1. The van der Waals surface area contributed by atoms with Crippen molar-refractivity contribution in [2.45, 2.75) is 31.5 Å². The van der Waals surface area contributed by atoms with Crippen LogP contribution >= 0.6 is 0 Å². The van der Waals surface area contributed by atoms with Crippen molar-refractivity contribution in [2.75, 3.05) is 13.1 Å². The molecule has 6 nitrogen and oxygen atoms in total. The van der Waals surface area contributed by atoms with Crippen molar-refractivity contribution in [2.24, 2.45) is 0 Å². The summed E-state index contributed by atoms with van der Waals surface area (Å²) in [7, 11) is 0. The molecule has 1 aromatic rings. The van der Waals surface area contributed by atoms with Crippen LogP contribution in [-0.4, -0.2) is 55.9 Å². The van der Waals surface area contributed by atoms with Gasteiger partial charge in [-0.1, -0.05) is 0 Å². The van der Waals surface area contributed by atoms with Crippen molar-refractivity contribution in [1.82, 2.24) is 14.5 Å². The Labute approximate surface area is 99.5 Å². The van der Waals surface area contributed by atoms with Gasteiger partial charge in [0.1, 0.15) is 6.04 Å². The number of nitrogens with zero attached hydrogens (tertiary/aromatic N) is 3. The molecule has 94 valence electrons. The van der Waals surface area contributed by atoms with Gasteiger partial charge in [0.15, 0.2) is 0 Å². The summed E-state index contributed by atoms with van der Waals surface area (Å²) in [5.74, 6) is -0.843. The lowest BCUT2D eigenvalue weighted by molar-refractivity contribution is -0.142. The van der Waals surface area contributed by atoms with Crippen LogP contribution in [0.4, 0.5) is 0 Å². The first-order valence-corrected chi connectivity index (χ1v) is 5.77. The fourth-order valence-electron chi connectivity index (χ4n) is 2.26. The van der Waals surface area contributed by atoms with Gasteiger partial charge in [0.25, 0.3) is 0 Å². The average molecular weight is 239 g/mol. The lowest BCUT2D eigenvalue weighted by atomic mass is 10.2. The second kappa shape index (κ2) is 5.29. The Kier molecular flexibility index (Phi) is 3.75. The molecule has 1 saturated heterocycles. The molecular weight excluding hydrogens is 222 g/mol. The second-order valence-corrected chi connectivity index (χ2v) is 4.39. The Balaban J connectivity index is 1.79. The van der Waals surface area contributed by atoms with E-state index in [1.165, 1.54) is 0 Å². The van der Waals surface area contributed by atoms with Crippen molar-refractivity contribution < 1.29 is 15.0 Å². The van der Waals surface area contributed by atoms with Crippen LogP contribution in [0.1, 0.15) is 12.8 Å². The Morgan fingerprint density at radius 3 is 2.94 bits per heavy atom. The summed E-state index contributed by atoms with van der Waals surface area (Å²) in [5, 5.41) is 18.5. The first kappa shape index (κ1) is 12.1. The van der Waals surface area contributed by atoms with Crippen LogP contribution in [0.3, 0.4) is 0 Å². The van der Waals surface area contributed by atoms with E-state index in [0.29, 0.717) is 19.5 Å². The van der Waals surface area contributed by atoms with Crippen LogP contribution in [0.2, 0.25) is 0 Å². The predicted molar refractivity (Wildman–Crippen MR) is 60.5 cm³/mol. The zero-order valence-electron chi connectivity index (χ0n) is 9.57. The molecule has 0 aliphatic carbocycles. The number of β-amino-alcohol motifs (C(OH)–C–C–N with tert-alkyl or cyclic N) is 1. The van der Waals surface area contributed by atoms with Gasteiger partial charge in [-0.25, -0.2) is 4.98 Å². The molecule has 2 unspecified atom stereocenters. The normalized spacial score (nSPS) is 25.2. The fourth-order valence-corrected chi connectivity index (χ4v) is 2.26. The van der Waals surface area contributed by atoms with Gasteiger partial charge in [0.2, 0.25) is 0 Å².